The summed E-state index contributed by atoms with van der Waals surface area (Å²) in [7, 11) is 0. The molecule has 4 rings (SSSR count). The van der Waals surface area contributed by atoms with Crippen molar-refractivity contribution < 1.29 is 0 Å². The molecule has 0 bridgehead atoms. The molecule has 6 heteroatoms. The van der Waals surface area contributed by atoms with Gasteiger partial charge in [0, 0.05) is 17.9 Å². The summed E-state index contributed by atoms with van der Waals surface area (Å²) < 4.78 is 0. The van der Waals surface area contributed by atoms with Gasteiger partial charge in [0.1, 0.15) is 5.82 Å². The average Bonchev–Trinajstić information content (AvgIpc) is 3.00. The summed E-state index contributed by atoms with van der Waals surface area (Å²) in [6, 6.07) is 16.5. The number of fused-ring (bicyclic) bond motifs is 1. The van der Waals surface area contributed by atoms with E-state index in [0.29, 0.717) is 0 Å². The van der Waals surface area contributed by atoms with Crippen molar-refractivity contribution in [2.45, 2.75) is 13.5 Å². The van der Waals surface area contributed by atoms with Gasteiger partial charge < -0.3 is 10.3 Å². The van der Waals surface area contributed by atoms with Crippen LogP contribution in [0.2, 0.25) is 0 Å². The number of hydrogen-bond acceptors (Lipinski definition) is 5. The van der Waals surface area contributed by atoms with Crippen LogP contribution < -0.4 is 5.32 Å². The minimum absolute atomic E-state index is 0.761. The Labute approximate surface area is 144 Å². The van der Waals surface area contributed by atoms with Crippen LogP contribution in [-0.2, 0) is 6.54 Å². The summed E-state index contributed by atoms with van der Waals surface area (Å²) in [6.45, 7) is 2.72. The molecule has 1 aliphatic rings. The van der Waals surface area contributed by atoms with Crippen molar-refractivity contribution in [3.8, 4) is 0 Å². The van der Waals surface area contributed by atoms with Crippen molar-refractivity contribution in [3.63, 3.8) is 0 Å². The number of nitrogens with one attached hydrogen (secondary N) is 2. The maximum absolute atomic E-state index is 4.43. The number of thioether (sulfide) groups is 1. The maximum atomic E-state index is 4.43. The number of nitrogens with zero attached hydrogens (tertiary/aromatic N) is 3. The zero-order valence-corrected chi connectivity index (χ0v) is 14.1. The molecule has 0 unspecified atom stereocenters. The van der Waals surface area contributed by atoms with E-state index in [9.17, 15) is 0 Å². The summed E-state index contributed by atoms with van der Waals surface area (Å²) in [6.07, 6.45) is 0. The molecular weight excluding hydrogens is 318 g/mol. The van der Waals surface area contributed by atoms with Gasteiger partial charge in [0.25, 0.3) is 0 Å². The van der Waals surface area contributed by atoms with Gasteiger partial charge in [0.15, 0.2) is 5.17 Å². The van der Waals surface area contributed by atoms with Gasteiger partial charge >= 0.3 is 0 Å². The van der Waals surface area contributed by atoms with Crippen molar-refractivity contribution in [2.75, 3.05) is 5.75 Å². The van der Waals surface area contributed by atoms with Crippen molar-refractivity contribution in [1.82, 2.24) is 15.3 Å². The third-order valence-electron chi connectivity index (χ3n) is 3.83. The monoisotopic (exact) mass is 335 g/mol. The zero-order valence-electron chi connectivity index (χ0n) is 13.3. The lowest BCUT2D eigenvalue weighted by atomic mass is 10.1. The van der Waals surface area contributed by atoms with E-state index in [1.165, 1.54) is 5.56 Å². The van der Waals surface area contributed by atoms with E-state index in [1.54, 1.807) is 11.8 Å². The second-order valence-corrected chi connectivity index (χ2v) is 6.60. The fourth-order valence-corrected chi connectivity index (χ4v) is 3.39. The first-order chi connectivity index (χ1) is 11.8. The number of benzene rings is 2. The number of H-pyrrole nitrogens is 1. The lowest BCUT2D eigenvalue weighted by Gasteiger charge is -2.13. The van der Waals surface area contributed by atoms with Crippen molar-refractivity contribution in [2.24, 2.45) is 10.2 Å². The highest BCUT2D eigenvalue weighted by Gasteiger charge is 2.13. The molecule has 0 aliphatic carbocycles. The number of aryl methyl sites for hydroxylation is 1. The second kappa shape index (κ2) is 6.49. The van der Waals surface area contributed by atoms with Crippen molar-refractivity contribution in [3.05, 3.63) is 65.5 Å². The number of imidazole rings is 1. The molecule has 1 aliphatic heterocycles. The summed E-state index contributed by atoms with van der Waals surface area (Å²) >= 11 is 1.68. The van der Waals surface area contributed by atoms with Gasteiger partial charge in [-0.05, 0) is 24.6 Å². The van der Waals surface area contributed by atoms with Crippen LogP contribution in [0.1, 0.15) is 17.0 Å². The molecule has 0 spiro atoms. The second-order valence-electron chi connectivity index (χ2n) is 5.63. The Balaban J connectivity index is 1.48. The Morgan fingerprint density at radius 2 is 2.00 bits per heavy atom. The number of rotatable bonds is 3. The van der Waals surface area contributed by atoms with Crippen LogP contribution in [0.25, 0.3) is 11.0 Å². The number of amidine groups is 1. The highest BCUT2D eigenvalue weighted by atomic mass is 32.2. The maximum Gasteiger partial charge on any atom is 0.183 e. The Morgan fingerprint density at radius 1 is 1.12 bits per heavy atom. The summed E-state index contributed by atoms with van der Waals surface area (Å²) in [5.74, 6) is 1.73. The van der Waals surface area contributed by atoms with Crippen LogP contribution in [-0.4, -0.2) is 26.6 Å². The molecule has 120 valence electrons. The third-order valence-corrected chi connectivity index (χ3v) is 4.74. The molecule has 0 saturated heterocycles. The summed E-state index contributed by atoms with van der Waals surface area (Å²) in [5.41, 5.74) is 5.32. The van der Waals surface area contributed by atoms with Crippen LogP contribution in [0.15, 0.2) is 58.7 Å². The van der Waals surface area contributed by atoms with E-state index in [-0.39, 0.29) is 0 Å². The van der Waals surface area contributed by atoms with Gasteiger partial charge in [-0.2, -0.15) is 5.10 Å². The normalized spacial score (nSPS) is 14.4. The van der Waals surface area contributed by atoms with Gasteiger partial charge in [-0.15, -0.1) is 5.10 Å². The first-order valence-corrected chi connectivity index (χ1v) is 8.78. The standard InChI is InChI=1S/C18H17N5S/c1-12-20-15-8-7-14(9-16(15)21-12)17-11-24-18(23-22-17)19-10-13-5-3-2-4-6-13/h2-9H,10-11H2,1H3,(H,19,23)(H,20,21). The Hall–Kier alpha value is -2.60. The van der Waals surface area contributed by atoms with Crippen molar-refractivity contribution in [1.29, 1.82) is 0 Å². The largest absolute Gasteiger partial charge is 0.359 e. The molecule has 2 aromatic carbocycles. The molecular formula is C18H17N5S. The van der Waals surface area contributed by atoms with E-state index in [0.717, 1.165) is 45.6 Å². The molecule has 0 saturated carbocycles. The van der Waals surface area contributed by atoms with Crippen LogP contribution in [0, 0.1) is 6.92 Å². The van der Waals surface area contributed by atoms with Crippen LogP contribution in [0.4, 0.5) is 0 Å². The lowest BCUT2D eigenvalue weighted by molar-refractivity contribution is 0.919. The van der Waals surface area contributed by atoms with Gasteiger partial charge in [0.2, 0.25) is 0 Å². The molecule has 5 nitrogen and oxygen atoms in total. The molecule has 2 heterocycles. The van der Waals surface area contributed by atoms with Crippen LogP contribution >= 0.6 is 11.8 Å². The fraction of sp³-hybridized carbons (Fsp3) is 0.167. The third kappa shape index (κ3) is 3.19. The van der Waals surface area contributed by atoms with Crippen LogP contribution in [0.5, 0.6) is 0 Å². The lowest BCUT2D eigenvalue weighted by Crippen LogP contribution is -2.23. The van der Waals surface area contributed by atoms with Gasteiger partial charge in [-0.25, -0.2) is 4.98 Å². The van der Waals surface area contributed by atoms with E-state index in [4.69, 9.17) is 0 Å². The molecule has 3 aromatic rings. The smallest absolute Gasteiger partial charge is 0.183 e. The molecule has 24 heavy (non-hydrogen) atoms. The van der Waals surface area contributed by atoms with E-state index in [1.807, 2.05) is 31.2 Å². The fourth-order valence-electron chi connectivity index (χ4n) is 2.62. The molecule has 2 N–H and O–H groups in total. The van der Waals surface area contributed by atoms with Crippen LogP contribution in [0.3, 0.4) is 0 Å². The average molecular weight is 335 g/mol. The zero-order chi connectivity index (χ0) is 16.4. The molecule has 1 aromatic heterocycles. The minimum atomic E-state index is 0.761. The SMILES string of the molecule is Cc1nc2ccc(C3=NN=C(NCc4ccccc4)SC3)cc2[nH]1. The van der Waals surface area contributed by atoms with Gasteiger partial charge in [-0.1, -0.05) is 48.2 Å². The first-order valence-electron chi connectivity index (χ1n) is 7.80. The topological polar surface area (TPSA) is 65.4 Å². The van der Waals surface area contributed by atoms with Crippen molar-refractivity contribution >= 4 is 33.7 Å². The Morgan fingerprint density at radius 3 is 2.79 bits per heavy atom. The first kappa shape index (κ1) is 15.0. The highest BCUT2D eigenvalue weighted by molar-refractivity contribution is 8.14. The Kier molecular flexibility index (Phi) is 4.04. The predicted molar refractivity (Wildman–Crippen MR) is 101 cm³/mol. The van der Waals surface area contributed by atoms with Gasteiger partial charge in [0.05, 0.1) is 16.7 Å². The molecule has 0 atom stereocenters. The Bertz CT molecular complexity index is 927. The van der Waals surface area contributed by atoms with Gasteiger partial charge in [-0.3, -0.25) is 0 Å². The highest BCUT2D eigenvalue weighted by Crippen LogP contribution is 2.19. The van der Waals surface area contributed by atoms with E-state index in [2.05, 4.69) is 49.8 Å². The number of hydrogen-bond donors (Lipinski definition) is 2. The number of aromatic nitrogens is 2. The molecule has 0 radical (unpaired) electrons. The predicted octanol–water partition coefficient (Wildman–Crippen LogP) is 3.47. The van der Waals surface area contributed by atoms with E-state index < -0.39 is 0 Å². The summed E-state index contributed by atoms with van der Waals surface area (Å²) in [5, 5.41) is 12.9. The number of aromatic amines is 1. The summed E-state index contributed by atoms with van der Waals surface area (Å²) in [4.78, 5) is 7.69. The minimum Gasteiger partial charge on any atom is -0.359 e. The molecule has 0 amide bonds. The molecule has 0 fully saturated rings. The quantitative estimate of drug-likeness (QED) is 0.770. The van der Waals surface area contributed by atoms with E-state index >= 15 is 0 Å².